The first-order chi connectivity index (χ1) is 8.16. The van der Waals surface area contributed by atoms with Crippen molar-refractivity contribution in [1.82, 2.24) is 0 Å². The number of nitrogen functional groups attached to an aromatic ring is 1. The van der Waals surface area contributed by atoms with E-state index < -0.39 is 0 Å². The third-order valence-corrected chi connectivity index (χ3v) is 2.39. The Morgan fingerprint density at radius 2 is 1.88 bits per heavy atom. The van der Waals surface area contributed by atoms with Gasteiger partial charge in [-0.3, -0.25) is 5.41 Å². The molecule has 0 radical (unpaired) electrons. The number of benzene rings is 2. The number of nitrogens with two attached hydrogens (primary N) is 1. The second kappa shape index (κ2) is 4.70. The Hall–Kier alpha value is -2.29. The topological polar surface area (TPSA) is 59.1 Å². The lowest BCUT2D eigenvalue weighted by Gasteiger charge is -2.10. The summed E-state index contributed by atoms with van der Waals surface area (Å²) in [7, 11) is 0. The molecule has 0 bridgehead atoms. The minimum atomic E-state index is 0.00764. The zero-order chi connectivity index (χ0) is 12.3. The smallest absolute Gasteiger partial charge is 0.138 e. The number of amidine groups is 1. The van der Waals surface area contributed by atoms with Gasteiger partial charge in [0.2, 0.25) is 0 Å². The number of hydrogen-bond acceptors (Lipinski definition) is 2. The van der Waals surface area contributed by atoms with Crippen LogP contribution < -0.4 is 10.5 Å². The van der Waals surface area contributed by atoms with Gasteiger partial charge in [0.1, 0.15) is 17.3 Å². The fourth-order valence-corrected chi connectivity index (χ4v) is 1.58. The van der Waals surface area contributed by atoms with Crippen LogP contribution in [-0.4, -0.2) is 5.84 Å². The summed E-state index contributed by atoms with van der Waals surface area (Å²) in [4.78, 5) is 0. The number of para-hydroxylation sites is 1. The van der Waals surface area contributed by atoms with E-state index in [2.05, 4.69) is 0 Å². The maximum absolute atomic E-state index is 7.48. The second-order valence-electron chi connectivity index (χ2n) is 3.83. The number of rotatable bonds is 3. The molecule has 0 saturated heterocycles. The molecule has 0 saturated carbocycles. The molecule has 2 rings (SSSR count). The molecule has 0 aliphatic heterocycles. The molecule has 0 atom stereocenters. The lowest BCUT2D eigenvalue weighted by molar-refractivity contribution is 0.481. The summed E-state index contributed by atoms with van der Waals surface area (Å²) in [5, 5.41) is 7.48. The minimum Gasteiger partial charge on any atom is -0.457 e. The summed E-state index contributed by atoms with van der Waals surface area (Å²) in [6, 6.07) is 15.0. The average molecular weight is 226 g/mol. The molecule has 3 N–H and O–H groups in total. The van der Waals surface area contributed by atoms with Crippen LogP contribution >= 0.6 is 0 Å². The summed E-state index contributed by atoms with van der Waals surface area (Å²) in [5.74, 6) is 1.36. The maximum atomic E-state index is 7.48. The van der Waals surface area contributed by atoms with Crippen molar-refractivity contribution in [2.75, 3.05) is 0 Å². The molecule has 17 heavy (non-hydrogen) atoms. The van der Waals surface area contributed by atoms with Gasteiger partial charge in [-0.2, -0.15) is 0 Å². The van der Waals surface area contributed by atoms with E-state index in [0.29, 0.717) is 11.3 Å². The monoisotopic (exact) mass is 226 g/mol. The molecular formula is C14H14N2O. The van der Waals surface area contributed by atoms with Gasteiger partial charge in [-0.25, -0.2) is 0 Å². The SMILES string of the molecule is Cc1cccc(Oc2ccccc2C(=N)N)c1. The van der Waals surface area contributed by atoms with Gasteiger partial charge in [0.15, 0.2) is 0 Å². The fraction of sp³-hybridized carbons (Fsp3) is 0.0714. The largest absolute Gasteiger partial charge is 0.457 e. The lowest BCUT2D eigenvalue weighted by atomic mass is 10.2. The average Bonchev–Trinajstić information content (AvgIpc) is 2.29. The van der Waals surface area contributed by atoms with Crippen LogP contribution in [0.1, 0.15) is 11.1 Å². The predicted molar refractivity (Wildman–Crippen MR) is 68.7 cm³/mol. The molecule has 0 spiro atoms. The lowest BCUT2D eigenvalue weighted by Crippen LogP contribution is -2.12. The van der Waals surface area contributed by atoms with Crippen molar-refractivity contribution in [2.45, 2.75) is 6.92 Å². The van der Waals surface area contributed by atoms with Crippen LogP contribution in [0.5, 0.6) is 11.5 Å². The Balaban J connectivity index is 2.33. The molecule has 0 aliphatic carbocycles. The zero-order valence-corrected chi connectivity index (χ0v) is 9.60. The molecule has 0 heterocycles. The molecule has 2 aromatic rings. The van der Waals surface area contributed by atoms with Crippen molar-refractivity contribution in [3.8, 4) is 11.5 Å². The van der Waals surface area contributed by atoms with Gasteiger partial charge in [0.25, 0.3) is 0 Å². The maximum Gasteiger partial charge on any atom is 0.138 e. The Morgan fingerprint density at radius 1 is 1.12 bits per heavy atom. The van der Waals surface area contributed by atoms with Crippen molar-refractivity contribution in [3.63, 3.8) is 0 Å². The van der Waals surface area contributed by atoms with Gasteiger partial charge in [-0.05, 0) is 36.8 Å². The summed E-state index contributed by atoms with van der Waals surface area (Å²) in [6.07, 6.45) is 0. The molecule has 0 aromatic heterocycles. The Bertz CT molecular complexity index is 549. The highest BCUT2D eigenvalue weighted by Crippen LogP contribution is 2.25. The van der Waals surface area contributed by atoms with Crippen LogP contribution in [0.3, 0.4) is 0 Å². The summed E-state index contributed by atoms with van der Waals surface area (Å²) in [6.45, 7) is 2.00. The van der Waals surface area contributed by atoms with Crippen LogP contribution in [0.25, 0.3) is 0 Å². The Labute approximate surface area is 100 Å². The van der Waals surface area contributed by atoms with Crippen molar-refractivity contribution in [2.24, 2.45) is 5.73 Å². The standard InChI is InChI=1S/C14H14N2O/c1-10-5-4-6-11(9-10)17-13-8-3-2-7-12(13)14(15)16/h2-9H,1H3,(H3,15,16). The van der Waals surface area contributed by atoms with Crippen molar-refractivity contribution in [3.05, 3.63) is 59.7 Å². The number of nitrogens with one attached hydrogen (secondary N) is 1. The first-order valence-electron chi connectivity index (χ1n) is 5.35. The summed E-state index contributed by atoms with van der Waals surface area (Å²) < 4.78 is 5.73. The van der Waals surface area contributed by atoms with Gasteiger partial charge in [0, 0.05) is 0 Å². The quantitative estimate of drug-likeness (QED) is 0.624. The van der Waals surface area contributed by atoms with Gasteiger partial charge in [0.05, 0.1) is 5.56 Å². The Morgan fingerprint density at radius 3 is 2.59 bits per heavy atom. The van der Waals surface area contributed by atoms with E-state index in [9.17, 15) is 0 Å². The van der Waals surface area contributed by atoms with Crippen LogP contribution in [0.2, 0.25) is 0 Å². The zero-order valence-electron chi connectivity index (χ0n) is 9.60. The highest BCUT2D eigenvalue weighted by molar-refractivity contribution is 5.97. The van der Waals surface area contributed by atoms with Crippen molar-refractivity contribution in [1.29, 1.82) is 5.41 Å². The third-order valence-electron chi connectivity index (χ3n) is 2.39. The predicted octanol–water partition coefficient (Wildman–Crippen LogP) is 3.07. The first kappa shape index (κ1) is 11.2. The molecule has 0 unspecified atom stereocenters. The van der Waals surface area contributed by atoms with Crippen LogP contribution in [0.15, 0.2) is 48.5 Å². The van der Waals surface area contributed by atoms with E-state index in [-0.39, 0.29) is 5.84 Å². The highest BCUT2D eigenvalue weighted by atomic mass is 16.5. The highest BCUT2D eigenvalue weighted by Gasteiger charge is 2.06. The Kier molecular flexibility index (Phi) is 3.10. The number of aryl methyl sites for hydroxylation is 1. The second-order valence-corrected chi connectivity index (χ2v) is 3.83. The normalized spacial score (nSPS) is 9.94. The van der Waals surface area contributed by atoms with E-state index >= 15 is 0 Å². The molecule has 0 fully saturated rings. The minimum absolute atomic E-state index is 0.00764. The van der Waals surface area contributed by atoms with Crippen molar-refractivity contribution >= 4 is 5.84 Å². The van der Waals surface area contributed by atoms with Crippen LogP contribution in [0.4, 0.5) is 0 Å². The van der Waals surface area contributed by atoms with Gasteiger partial charge < -0.3 is 10.5 Å². The van der Waals surface area contributed by atoms with Gasteiger partial charge in [-0.15, -0.1) is 0 Å². The fourth-order valence-electron chi connectivity index (χ4n) is 1.58. The van der Waals surface area contributed by atoms with Crippen molar-refractivity contribution < 1.29 is 4.74 Å². The van der Waals surface area contributed by atoms with Crippen LogP contribution in [0, 0.1) is 12.3 Å². The van der Waals surface area contributed by atoms with Gasteiger partial charge in [-0.1, -0.05) is 24.3 Å². The summed E-state index contributed by atoms with van der Waals surface area (Å²) in [5.41, 5.74) is 7.23. The van der Waals surface area contributed by atoms with E-state index in [1.54, 1.807) is 12.1 Å². The van der Waals surface area contributed by atoms with Gasteiger partial charge >= 0.3 is 0 Å². The molecule has 2 aromatic carbocycles. The number of ether oxygens (including phenoxy) is 1. The molecule has 0 amide bonds. The van der Waals surface area contributed by atoms with E-state index in [0.717, 1.165) is 11.3 Å². The number of hydrogen-bond donors (Lipinski definition) is 2. The van der Waals surface area contributed by atoms with Crippen LogP contribution in [-0.2, 0) is 0 Å². The van der Waals surface area contributed by atoms with E-state index in [1.165, 1.54) is 0 Å². The molecular weight excluding hydrogens is 212 g/mol. The summed E-state index contributed by atoms with van der Waals surface area (Å²) >= 11 is 0. The molecule has 86 valence electrons. The third kappa shape index (κ3) is 2.64. The van der Waals surface area contributed by atoms with E-state index in [1.807, 2.05) is 43.3 Å². The molecule has 3 nitrogen and oxygen atoms in total. The molecule has 3 heteroatoms. The first-order valence-corrected chi connectivity index (χ1v) is 5.35. The van der Waals surface area contributed by atoms with E-state index in [4.69, 9.17) is 15.9 Å². The molecule has 0 aliphatic rings.